The number of fused-ring (bicyclic) bond motifs is 2. The van der Waals surface area contributed by atoms with Gasteiger partial charge in [-0.15, -0.1) is 0 Å². The molecule has 1 amide bonds. The zero-order valence-corrected chi connectivity index (χ0v) is 23.7. The molecular weight excluding hydrogens is 500 g/mol. The quantitative estimate of drug-likeness (QED) is 0.345. The van der Waals surface area contributed by atoms with Crippen molar-refractivity contribution < 1.29 is 14.3 Å². The van der Waals surface area contributed by atoms with Crippen LogP contribution in [0.3, 0.4) is 0 Å². The summed E-state index contributed by atoms with van der Waals surface area (Å²) in [6.45, 7) is 8.08. The van der Waals surface area contributed by atoms with Crippen molar-refractivity contribution in [3.05, 3.63) is 72.1 Å². The first-order valence-corrected chi connectivity index (χ1v) is 14.4. The Hall–Kier alpha value is -4.00. The van der Waals surface area contributed by atoms with Crippen molar-refractivity contribution in [3.8, 4) is 22.6 Å². The third-order valence-corrected chi connectivity index (χ3v) is 8.57. The molecule has 2 unspecified atom stereocenters. The molecule has 1 saturated heterocycles. The van der Waals surface area contributed by atoms with Gasteiger partial charge in [0.05, 0.1) is 24.8 Å². The average Bonchev–Trinajstić information content (AvgIpc) is 3.35. The Balaban J connectivity index is 1.10. The number of hydrogen-bond donors (Lipinski definition) is 1. The van der Waals surface area contributed by atoms with Crippen LogP contribution in [0.15, 0.2) is 60.7 Å². The van der Waals surface area contributed by atoms with E-state index in [0.717, 1.165) is 78.6 Å². The maximum atomic E-state index is 13.4. The number of aryl methyl sites for hydroxylation is 1. The first-order valence-electron chi connectivity index (χ1n) is 14.4. The Morgan fingerprint density at radius 3 is 2.67 bits per heavy atom. The van der Waals surface area contributed by atoms with Crippen LogP contribution in [0.1, 0.15) is 31.2 Å². The van der Waals surface area contributed by atoms with E-state index >= 15 is 0 Å². The second-order valence-corrected chi connectivity index (χ2v) is 11.2. The van der Waals surface area contributed by atoms with E-state index in [2.05, 4.69) is 70.3 Å². The number of carbonyl (C=O) groups excluding carboxylic acids is 1. The van der Waals surface area contributed by atoms with E-state index in [1.54, 1.807) is 7.11 Å². The van der Waals surface area contributed by atoms with Crippen LogP contribution in [0.5, 0.6) is 11.5 Å². The number of H-pyrrole nitrogens is 1. The predicted molar refractivity (Wildman–Crippen MR) is 159 cm³/mol. The number of methoxy groups -OCH3 is 1. The van der Waals surface area contributed by atoms with Gasteiger partial charge in [-0.3, -0.25) is 4.79 Å². The predicted octanol–water partition coefficient (Wildman–Crippen LogP) is 5.86. The molecule has 0 bridgehead atoms. The Morgan fingerprint density at radius 2 is 1.85 bits per heavy atom. The highest BCUT2D eigenvalue weighted by atomic mass is 16.5. The molecule has 2 atom stereocenters. The van der Waals surface area contributed by atoms with E-state index in [1.807, 2.05) is 24.0 Å². The minimum absolute atomic E-state index is 0.264. The monoisotopic (exact) mass is 538 g/mol. The largest absolute Gasteiger partial charge is 0.497 e. The summed E-state index contributed by atoms with van der Waals surface area (Å²) >= 11 is 0. The van der Waals surface area contributed by atoms with Gasteiger partial charge in [0, 0.05) is 44.4 Å². The van der Waals surface area contributed by atoms with Crippen LogP contribution in [0.4, 0.5) is 5.69 Å². The van der Waals surface area contributed by atoms with E-state index in [4.69, 9.17) is 9.47 Å². The van der Waals surface area contributed by atoms with Crippen LogP contribution in [-0.4, -0.2) is 60.7 Å². The topological polar surface area (TPSA) is 70.7 Å². The molecule has 3 aromatic carbocycles. The van der Waals surface area contributed by atoms with Gasteiger partial charge in [-0.1, -0.05) is 25.1 Å². The fourth-order valence-electron chi connectivity index (χ4n) is 6.17. The maximum Gasteiger partial charge on any atom is 0.222 e. The molecule has 2 aliphatic rings. The number of aromatic nitrogens is 2. The number of imidazole rings is 1. The average molecular weight is 539 g/mol. The minimum Gasteiger partial charge on any atom is -0.497 e. The molecule has 2 aliphatic heterocycles. The smallest absolute Gasteiger partial charge is 0.222 e. The third kappa shape index (κ3) is 5.51. The highest BCUT2D eigenvalue weighted by Crippen LogP contribution is 2.35. The van der Waals surface area contributed by atoms with Gasteiger partial charge in [-0.2, -0.15) is 0 Å². The second-order valence-electron chi connectivity index (χ2n) is 11.2. The number of ether oxygens (including phenoxy) is 2. The molecule has 0 aliphatic carbocycles. The molecule has 6 rings (SSSR count). The number of benzene rings is 3. The Morgan fingerprint density at radius 1 is 1.05 bits per heavy atom. The molecular formula is C33H38N4O3. The van der Waals surface area contributed by atoms with Crippen LogP contribution in [-0.2, 0) is 11.2 Å². The van der Waals surface area contributed by atoms with Gasteiger partial charge in [0.15, 0.2) is 0 Å². The van der Waals surface area contributed by atoms with Gasteiger partial charge in [0.1, 0.15) is 17.3 Å². The first-order chi connectivity index (χ1) is 19.5. The molecule has 3 heterocycles. The lowest BCUT2D eigenvalue weighted by Gasteiger charge is -2.37. The van der Waals surface area contributed by atoms with E-state index in [1.165, 1.54) is 11.1 Å². The lowest BCUT2D eigenvalue weighted by atomic mass is 9.82. The van der Waals surface area contributed by atoms with Gasteiger partial charge >= 0.3 is 0 Å². The summed E-state index contributed by atoms with van der Waals surface area (Å²) in [5.41, 5.74) is 6.73. The van der Waals surface area contributed by atoms with E-state index < -0.39 is 0 Å². The molecule has 7 nitrogen and oxygen atoms in total. The zero-order chi connectivity index (χ0) is 27.6. The van der Waals surface area contributed by atoms with Crippen molar-refractivity contribution in [2.75, 3.05) is 44.8 Å². The number of piperazine rings is 1. The lowest BCUT2D eigenvalue weighted by molar-refractivity contribution is -0.133. The van der Waals surface area contributed by atoms with Gasteiger partial charge < -0.3 is 24.3 Å². The van der Waals surface area contributed by atoms with Gasteiger partial charge in [0.25, 0.3) is 0 Å². The van der Waals surface area contributed by atoms with Crippen molar-refractivity contribution >= 4 is 22.6 Å². The minimum atomic E-state index is 0.264. The molecule has 208 valence electrons. The van der Waals surface area contributed by atoms with Crippen LogP contribution >= 0.6 is 0 Å². The Kier molecular flexibility index (Phi) is 7.37. The number of nitrogens with one attached hydrogen (secondary N) is 1. The standard InChI is InChI=1S/C33H38N4O3/c1-22-17-27-18-25(26-7-9-30-31(19-26)35-23(2)34-30)8-10-32(27)40-16-11-24(22)20-33(38)37-14-12-36(13-15-37)28-5-4-6-29(21-28)39-3/h4-10,18-19,21-22,24H,11-17,20H2,1-3H3,(H,34,35). The SMILES string of the molecule is COc1cccc(N2CCN(C(=O)CC3CCOc4ccc(-c5ccc6nc(C)[nH]c6c5)cc4CC3C)CC2)c1. The number of rotatable bonds is 5. The van der Waals surface area contributed by atoms with Crippen LogP contribution < -0.4 is 14.4 Å². The molecule has 0 spiro atoms. The second kappa shape index (κ2) is 11.2. The number of nitrogens with zero attached hydrogens (tertiary/aromatic N) is 3. The number of carbonyl (C=O) groups is 1. The molecule has 40 heavy (non-hydrogen) atoms. The van der Waals surface area contributed by atoms with E-state index in [0.29, 0.717) is 24.9 Å². The van der Waals surface area contributed by atoms with Crippen LogP contribution in [0.2, 0.25) is 0 Å². The van der Waals surface area contributed by atoms with E-state index in [-0.39, 0.29) is 5.91 Å². The summed E-state index contributed by atoms with van der Waals surface area (Å²) in [5.74, 6) is 3.70. The third-order valence-electron chi connectivity index (χ3n) is 8.57. The molecule has 1 N–H and O–H groups in total. The van der Waals surface area contributed by atoms with Crippen molar-refractivity contribution in [2.45, 2.75) is 33.1 Å². The fraction of sp³-hybridized carbons (Fsp3) is 0.394. The highest BCUT2D eigenvalue weighted by molar-refractivity contribution is 5.82. The molecule has 0 saturated carbocycles. The van der Waals surface area contributed by atoms with Crippen molar-refractivity contribution in [2.24, 2.45) is 11.8 Å². The van der Waals surface area contributed by atoms with Gasteiger partial charge in [0.2, 0.25) is 5.91 Å². The Bertz CT molecular complexity index is 1500. The number of aromatic amines is 1. The van der Waals surface area contributed by atoms with Crippen molar-refractivity contribution in [3.63, 3.8) is 0 Å². The van der Waals surface area contributed by atoms with Crippen LogP contribution in [0, 0.1) is 18.8 Å². The number of hydrogen-bond acceptors (Lipinski definition) is 5. The summed E-state index contributed by atoms with van der Waals surface area (Å²) in [5, 5.41) is 0. The number of amides is 1. The van der Waals surface area contributed by atoms with Gasteiger partial charge in [-0.25, -0.2) is 4.98 Å². The van der Waals surface area contributed by atoms with Gasteiger partial charge in [-0.05, 0) is 84.7 Å². The maximum absolute atomic E-state index is 13.4. The fourth-order valence-corrected chi connectivity index (χ4v) is 6.17. The summed E-state index contributed by atoms with van der Waals surface area (Å²) in [6.07, 6.45) is 2.37. The highest BCUT2D eigenvalue weighted by Gasteiger charge is 2.28. The molecule has 4 aromatic rings. The summed E-state index contributed by atoms with van der Waals surface area (Å²) in [7, 11) is 1.69. The van der Waals surface area contributed by atoms with Crippen molar-refractivity contribution in [1.29, 1.82) is 0 Å². The lowest BCUT2D eigenvalue weighted by Crippen LogP contribution is -2.49. The normalized spacial score (nSPS) is 19.5. The summed E-state index contributed by atoms with van der Waals surface area (Å²) in [6, 6.07) is 21.0. The summed E-state index contributed by atoms with van der Waals surface area (Å²) in [4.78, 5) is 25.6. The Labute approximate surface area is 236 Å². The number of anilines is 1. The first kappa shape index (κ1) is 26.2. The van der Waals surface area contributed by atoms with Crippen LogP contribution in [0.25, 0.3) is 22.2 Å². The molecule has 0 radical (unpaired) electrons. The zero-order valence-electron chi connectivity index (χ0n) is 23.7. The molecule has 1 fully saturated rings. The summed E-state index contributed by atoms with van der Waals surface area (Å²) < 4.78 is 11.6. The van der Waals surface area contributed by atoms with E-state index in [9.17, 15) is 4.79 Å². The molecule has 1 aromatic heterocycles. The molecule has 7 heteroatoms. The van der Waals surface area contributed by atoms with Crippen molar-refractivity contribution in [1.82, 2.24) is 14.9 Å².